The normalized spacial score (nSPS) is 10.8. The molecule has 0 bridgehead atoms. The minimum Gasteiger partial charge on any atom is -0.385 e. The van der Waals surface area contributed by atoms with Gasteiger partial charge in [-0.1, -0.05) is 13.3 Å². The van der Waals surface area contributed by atoms with Crippen molar-refractivity contribution in [3.63, 3.8) is 0 Å². The topological polar surface area (TPSA) is 24.9 Å². The first kappa shape index (κ1) is 11.8. The Kier molecular flexibility index (Phi) is 3.57. The van der Waals surface area contributed by atoms with Crippen LogP contribution in [0, 0.1) is 5.82 Å². The molecule has 1 aromatic carbocycles. The Morgan fingerprint density at radius 1 is 1.24 bits per heavy atom. The predicted molar refractivity (Wildman–Crippen MR) is 69.9 cm³/mol. The first-order valence-corrected chi connectivity index (χ1v) is 6.07. The van der Waals surface area contributed by atoms with Gasteiger partial charge in [-0.25, -0.2) is 4.39 Å². The number of pyridine rings is 1. The van der Waals surface area contributed by atoms with E-state index in [9.17, 15) is 4.39 Å². The zero-order valence-electron chi connectivity index (χ0n) is 10.3. The molecule has 0 aliphatic heterocycles. The van der Waals surface area contributed by atoms with Gasteiger partial charge in [0.05, 0.1) is 5.52 Å². The second kappa shape index (κ2) is 5.13. The molecule has 0 amide bonds. The lowest BCUT2D eigenvalue weighted by Crippen LogP contribution is -2.01. The number of fused-ring (bicyclic) bond motifs is 1. The molecule has 1 heterocycles. The summed E-state index contributed by atoms with van der Waals surface area (Å²) in [6, 6.07) is 6.76. The van der Waals surface area contributed by atoms with Crippen LogP contribution >= 0.6 is 0 Å². The third-order valence-electron chi connectivity index (χ3n) is 2.70. The maximum Gasteiger partial charge on any atom is 0.124 e. The Morgan fingerprint density at radius 2 is 2.06 bits per heavy atom. The van der Waals surface area contributed by atoms with Crippen molar-refractivity contribution in [2.45, 2.75) is 26.7 Å². The lowest BCUT2D eigenvalue weighted by molar-refractivity contribution is 0.629. The van der Waals surface area contributed by atoms with E-state index in [2.05, 4.69) is 17.2 Å². The molecule has 0 aliphatic carbocycles. The summed E-state index contributed by atoms with van der Waals surface area (Å²) >= 11 is 0. The van der Waals surface area contributed by atoms with Gasteiger partial charge < -0.3 is 5.32 Å². The minimum absolute atomic E-state index is 0.221. The van der Waals surface area contributed by atoms with Crippen molar-refractivity contribution in [3.05, 3.63) is 35.8 Å². The second-order valence-electron chi connectivity index (χ2n) is 4.10. The third-order valence-corrected chi connectivity index (χ3v) is 2.70. The molecule has 0 aliphatic rings. The molecule has 2 rings (SSSR count). The van der Waals surface area contributed by atoms with Crippen LogP contribution in [0.15, 0.2) is 24.3 Å². The number of nitrogens with one attached hydrogen (secondary N) is 1. The Hall–Kier alpha value is -1.64. The maximum absolute atomic E-state index is 13.2. The molecule has 2 nitrogen and oxygen atoms in total. The standard InChI is InChI=1S/C14H17FN2/c1-3-5-11-9-14(16-4-2)12-8-10(15)6-7-13(12)17-11/h6-9H,3-5H2,1-2H3,(H,16,17). The molecule has 0 atom stereocenters. The van der Waals surface area contributed by atoms with Crippen molar-refractivity contribution in [3.8, 4) is 0 Å². The zero-order valence-corrected chi connectivity index (χ0v) is 10.3. The summed E-state index contributed by atoms with van der Waals surface area (Å²) in [5.74, 6) is -0.221. The average molecular weight is 232 g/mol. The number of hydrogen-bond donors (Lipinski definition) is 1. The number of halogens is 1. The molecule has 0 spiro atoms. The van der Waals surface area contributed by atoms with E-state index in [1.54, 1.807) is 6.07 Å². The van der Waals surface area contributed by atoms with Crippen LogP contribution in [0.1, 0.15) is 26.0 Å². The molecular weight excluding hydrogens is 215 g/mol. The highest BCUT2D eigenvalue weighted by atomic mass is 19.1. The number of aromatic nitrogens is 1. The van der Waals surface area contributed by atoms with Crippen LogP contribution in [-0.2, 0) is 6.42 Å². The molecule has 1 aromatic heterocycles. The van der Waals surface area contributed by atoms with Gasteiger partial charge >= 0.3 is 0 Å². The molecule has 1 N–H and O–H groups in total. The van der Waals surface area contributed by atoms with E-state index in [0.717, 1.165) is 41.7 Å². The zero-order chi connectivity index (χ0) is 12.3. The monoisotopic (exact) mass is 232 g/mol. The summed E-state index contributed by atoms with van der Waals surface area (Å²) in [6.45, 7) is 4.98. The van der Waals surface area contributed by atoms with Crippen molar-refractivity contribution < 1.29 is 4.39 Å². The van der Waals surface area contributed by atoms with Gasteiger partial charge in [-0.2, -0.15) is 0 Å². The van der Waals surface area contributed by atoms with Crippen molar-refractivity contribution in [2.75, 3.05) is 11.9 Å². The summed E-state index contributed by atoms with van der Waals surface area (Å²) in [4.78, 5) is 4.54. The van der Waals surface area contributed by atoms with Crippen LogP contribution in [-0.4, -0.2) is 11.5 Å². The molecule has 0 saturated carbocycles. The smallest absolute Gasteiger partial charge is 0.124 e. The summed E-state index contributed by atoms with van der Waals surface area (Å²) < 4.78 is 13.2. The van der Waals surface area contributed by atoms with E-state index in [1.165, 1.54) is 12.1 Å². The van der Waals surface area contributed by atoms with Gasteiger partial charge in [-0.3, -0.25) is 4.98 Å². The fourth-order valence-electron chi connectivity index (χ4n) is 1.97. The summed E-state index contributed by atoms with van der Waals surface area (Å²) in [6.07, 6.45) is 2.01. The van der Waals surface area contributed by atoms with Crippen molar-refractivity contribution in [2.24, 2.45) is 0 Å². The maximum atomic E-state index is 13.2. The lowest BCUT2D eigenvalue weighted by Gasteiger charge is -2.10. The number of aryl methyl sites for hydroxylation is 1. The summed E-state index contributed by atoms with van der Waals surface area (Å²) in [5.41, 5.74) is 2.89. The minimum atomic E-state index is -0.221. The summed E-state index contributed by atoms with van der Waals surface area (Å²) in [5, 5.41) is 4.12. The molecule has 0 unspecified atom stereocenters. The van der Waals surface area contributed by atoms with Crippen LogP contribution in [0.2, 0.25) is 0 Å². The molecule has 0 radical (unpaired) electrons. The summed E-state index contributed by atoms with van der Waals surface area (Å²) in [7, 11) is 0. The highest BCUT2D eigenvalue weighted by Crippen LogP contribution is 2.24. The lowest BCUT2D eigenvalue weighted by atomic mass is 10.1. The van der Waals surface area contributed by atoms with E-state index in [-0.39, 0.29) is 5.82 Å². The fourth-order valence-corrected chi connectivity index (χ4v) is 1.97. The Bertz CT molecular complexity index is 523. The molecule has 17 heavy (non-hydrogen) atoms. The number of anilines is 1. The van der Waals surface area contributed by atoms with Gasteiger partial charge in [-0.15, -0.1) is 0 Å². The number of rotatable bonds is 4. The van der Waals surface area contributed by atoms with E-state index in [4.69, 9.17) is 0 Å². The first-order chi connectivity index (χ1) is 8.24. The van der Waals surface area contributed by atoms with Crippen LogP contribution in [0.5, 0.6) is 0 Å². The van der Waals surface area contributed by atoms with Gasteiger partial charge in [-0.05, 0) is 37.6 Å². The Balaban J connectivity index is 2.58. The molecule has 0 fully saturated rings. The van der Waals surface area contributed by atoms with Gasteiger partial charge in [0.1, 0.15) is 5.82 Å². The van der Waals surface area contributed by atoms with Gasteiger partial charge in [0, 0.05) is 23.3 Å². The fraction of sp³-hybridized carbons (Fsp3) is 0.357. The van der Waals surface area contributed by atoms with E-state index < -0.39 is 0 Å². The third kappa shape index (κ3) is 2.54. The van der Waals surface area contributed by atoms with Gasteiger partial charge in [0.15, 0.2) is 0 Å². The largest absolute Gasteiger partial charge is 0.385 e. The number of nitrogens with zero attached hydrogens (tertiary/aromatic N) is 1. The van der Waals surface area contributed by atoms with Crippen molar-refractivity contribution in [1.82, 2.24) is 4.98 Å². The predicted octanol–water partition coefficient (Wildman–Crippen LogP) is 3.76. The van der Waals surface area contributed by atoms with Gasteiger partial charge in [0.25, 0.3) is 0 Å². The van der Waals surface area contributed by atoms with E-state index >= 15 is 0 Å². The van der Waals surface area contributed by atoms with Crippen molar-refractivity contribution >= 4 is 16.6 Å². The second-order valence-corrected chi connectivity index (χ2v) is 4.10. The van der Waals surface area contributed by atoms with Crippen LogP contribution < -0.4 is 5.32 Å². The van der Waals surface area contributed by atoms with Crippen LogP contribution in [0.4, 0.5) is 10.1 Å². The molecular formula is C14H17FN2. The molecule has 90 valence electrons. The molecule has 3 heteroatoms. The highest BCUT2D eigenvalue weighted by Gasteiger charge is 2.06. The van der Waals surface area contributed by atoms with Crippen LogP contribution in [0.25, 0.3) is 10.9 Å². The SMILES string of the molecule is CCCc1cc(NCC)c2cc(F)ccc2n1. The molecule has 0 saturated heterocycles. The van der Waals surface area contributed by atoms with Crippen molar-refractivity contribution in [1.29, 1.82) is 0 Å². The Morgan fingerprint density at radius 3 is 2.76 bits per heavy atom. The number of hydrogen-bond acceptors (Lipinski definition) is 2. The first-order valence-electron chi connectivity index (χ1n) is 6.07. The van der Waals surface area contributed by atoms with E-state index in [0.29, 0.717) is 0 Å². The quantitative estimate of drug-likeness (QED) is 0.868. The van der Waals surface area contributed by atoms with Crippen LogP contribution in [0.3, 0.4) is 0 Å². The number of benzene rings is 1. The van der Waals surface area contributed by atoms with Gasteiger partial charge in [0.2, 0.25) is 0 Å². The Labute approximate surface area is 101 Å². The average Bonchev–Trinajstić information content (AvgIpc) is 2.31. The highest BCUT2D eigenvalue weighted by molar-refractivity contribution is 5.91. The molecule has 2 aromatic rings. The van der Waals surface area contributed by atoms with E-state index in [1.807, 2.05) is 13.0 Å².